The van der Waals surface area contributed by atoms with Gasteiger partial charge >= 0.3 is 0 Å². The first-order valence-electron chi connectivity index (χ1n) is 9.64. The van der Waals surface area contributed by atoms with Crippen LogP contribution in [0.15, 0.2) is 36.4 Å². The topological polar surface area (TPSA) is 90.9 Å². The van der Waals surface area contributed by atoms with Crippen LogP contribution in [0.4, 0.5) is 34.9 Å². The fraction of sp³-hybridized carbons (Fsp3) is 0.190. The first kappa shape index (κ1) is 21.3. The lowest BCUT2D eigenvalue weighted by atomic mass is 10.3. The van der Waals surface area contributed by atoms with Gasteiger partial charge in [0.25, 0.3) is 0 Å². The zero-order valence-corrected chi connectivity index (χ0v) is 17.0. The highest BCUT2D eigenvalue weighted by molar-refractivity contribution is 5.78. The molecule has 4 aromatic rings. The van der Waals surface area contributed by atoms with E-state index in [1.165, 1.54) is 35.8 Å². The van der Waals surface area contributed by atoms with E-state index in [1.54, 1.807) is 6.92 Å². The molecule has 1 unspecified atom stereocenters. The molecule has 0 amide bonds. The minimum atomic E-state index is -1.48. The van der Waals surface area contributed by atoms with E-state index in [-0.39, 0.29) is 28.5 Å². The van der Waals surface area contributed by atoms with E-state index < -0.39 is 29.6 Å². The number of imidazole rings is 1. The highest BCUT2D eigenvalue weighted by Crippen LogP contribution is 2.28. The summed E-state index contributed by atoms with van der Waals surface area (Å²) >= 11 is 0. The molecule has 1 atom stereocenters. The Morgan fingerprint density at radius 1 is 1.09 bits per heavy atom. The smallest absolute Gasteiger partial charge is 0.239 e. The Labute approximate surface area is 179 Å². The molecule has 0 fully saturated rings. The number of anilines is 3. The molecule has 0 saturated heterocycles. The van der Waals surface area contributed by atoms with E-state index >= 15 is 0 Å². The third-order valence-electron chi connectivity index (χ3n) is 4.54. The van der Waals surface area contributed by atoms with E-state index in [1.807, 2.05) is 0 Å². The summed E-state index contributed by atoms with van der Waals surface area (Å²) in [4.78, 5) is 12.3. The molecule has 0 aliphatic rings. The lowest BCUT2D eigenvalue weighted by Crippen LogP contribution is -2.11. The van der Waals surface area contributed by atoms with Crippen molar-refractivity contribution in [3.63, 3.8) is 0 Å². The van der Waals surface area contributed by atoms with Gasteiger partial charge in [0.15, 0.2) is 17.5 Å². The molecule has 7 nitrogen and oxygen atoms in total. The minimum absolute atomic E-state index is 0.0677. The molecule has 0 aliphatic carbocycles. The number of ether oxygens (including phenoxy) is 1. The van der Waals surface area contributed by atoms with E-state index in [4.69, 9.17) is 10.5 Å². The molecular formula is C21H18F4N6O. The van der Waals surface area contributed by atoms with Crippen molar-refractivity contribution < 1.29 is 22.3 Å². The molecule has 4 rings (SSSR count). The maximum atomic E-state index is 14.7. The minimum Gasteiger partial charge on any atom is -0.461 e. The molecule has 0 saturated carbocycles. The number of aromatic nitrogens is 4. The lowest BCUT2D eigenvalue weighted by Gasteiger charge is -2.13. The number of hydrogen-bond donors (Lipinski definition) is 2. The zero-order chi connectivity index (χ0) is 23.0. The van der Waals surface area contributed by atoms with Crippen LogP contribution in [-0.2, 0) is 6.42 Å². The van der Waals surface area contributed by atoms with Crippen LogP contribution >= 0.6 is 0 Å². The van der Waals surface area contributed by atoms with Crippen LogP contribution in [0.3, 0.4) is 0 Å². The van der Waals surface area contributed by atoms with Crippen LogP contribution in [-0.4, -0.2) is 25.9 Å². The number of benzene rings is 2. The van der Waals surface area contributed by atoms with Gasteiger partial charge in [-0.2, -0.15) is 14.4 Å². The molecule has 2 aromatic carbocycles. The summed E-state index contributed by atoms with van der Waals surface area (Å²) in [6.45, 7) is 3.01. The van der Waals surface area contributed by atoms with Crippen molar-refractivity contribution in [3.05, 3.63) is 59.7 Å². The van der Waals surface area contributed by atoms with Crippen LogP contribution in [0.25, 0.3) is 17.0 Å². The first-order chi connectivity index (χ1) is 15.3. The molecule has 0 bridgehead atoms. The Kier molecular flexibility index (Phi) is 5.56. The molecule has 2 heterocycles. The number of rotatable bonds is 6. The highest BCUT2D eigenvalue weighted by Gasteiger charge is 2.21. The fourth-order valence-corrected chi connectivity index (χ4v) is 3.19. The van der Waals surface area contributed by atoms with Gasteiger partial charge in [0.2, 0.25) is 18.1 Å². The Bertz CT molecular complexity index is 1290. The predicted octanol–water partition coefficient (Wildman–Crippen LogP) is 4.82. The highest BCUT2D eigenvalue weighted by atomic mass is 19.1. The summed E-state index contributed by atoms with van der Waals surface area (Å²) < 4.78 is 62.0. The van der Waals surface area contributed by atoms with Crippen LogP contribution in [0.2, 0.25) is 0 Å². The molecule has 3 N–H and O–H groups in total. The second kappa shape index (κ2) is 8.33. The molecular weight excluding hydrogens is 428 g/mol. The van der Waals surface area contributed by atoms with Crippen molar-refractivity contribution in [3.8, 4) is 11.7 Å². The lowest BCUT2D eigenvalue weighted by molar-refractivity contribution is 0.0861. The number of nitrogens with two attached hydrogens (primary N) is 1. The number of fused-ring (bicyclic) bond motifs is 1. The molecule has 11 heteroatoms. The fourth-order valence-electron chi connectivity index (χ4n) is 3.19. The van der Waals surface area contributed by atoms with Gasteiger partial charge in [-0.15, -0.1) is 0 Å². The number of hydrogen-bond acceptors (Lipinski definition) is 6. The largest absolute Gasteiger partial charge is 0.461 e. The summed E-state index contributed by atoms with van der Waals surface area (Å²) in [6.07, 6.45) is -1.14. The Hall–Kier alpha value is -3.89. The molecule has 0 aliphatic heterocycles. The van der Waals surface area contributed by atoms with Gasteiger partial charge in [-0.1, -0.05) is 6.92 Å². The SMILES string of the molecule is CCc1nc2c(F)cc(F)cc2n1-c1nc(N)c(F)c(Nc2ccc(OC(C)F)cc2)n1. The van der Waals surface area contributed by atoms with Gasteiger partial charge in [-0.05, 0) is 24.3 Å². The Balaban J connectivity index is 1.78. The van der Waals surface area contributed by atoms with Gasteiger partial charge in [-0.25, -0.2) is 18.2 Å². The van der Waals surface area contributed by atoms with Gasteiger partial charge in [0.05, 0.1) is 5.52 Å². The number of aryl methyl sites for hydroxylation is 1. The Morgan fingerprint density at radius 2 is 1.81 bits per heavy atom. The summed E-state index contributed by atoms with van der Waals surface area (Å²) in [5.74, 6) is -2.78. The van der Waals surface area contributed by atoms with Crippen molar-refractivity contribution in [1.29, 1.82) is 0 Å². The summed E-state index contributed by atoms with van der Waals surface area (Å²) in [7, 11) is 0. The molecule has 0 spiro atoms. The van der Waals surface area contributed by atoms with E-state index in [0.717, 1.165) is 12.1 Å². The van der Waals surface area contributed by atoms with Crippen LogP contribution in [0.1, 0.15) is 19.7 Å². The molecule has 0 radical (unpaired) electrons. The van der Waals surface area contributed by atoms with Gasteiger partial charge in [0, 0.05) is 31.2 Å². The second-order valence-electron chi connectivity index (χ2n) is 6.85. The van der Waals surface area contributed by atoms with Crippen molar-refractivity contribution in [2.75, 3.05) is 11.1 Å². The monoisotopic (exact) mass is 446 g/mol. The van der Waals surface area contributed by atoms with Gasteiger partial charge in [0.1, 0.15) is 22.9 Å². The molecule has 166 valence electrons. The van der Waals surface area contributed by atoms with Crippen LogP contribution < -0.4 is 15.8 Å². The van der Waals surface area contributed by atoms with Gasteiger partial charge < -0.3 is 15.8 Å². The zero-order valence-electron chi connectivity index (χ0n) is 17.0. The molecule has 2 aromatic heterocycles. The number of nitrogens with one attached hydrogen (secondary N) is 1. The maximum absolute atomic E-state index is 14.7. The third kappa shape index (κ3) is 4.01. The van der Waals surface area contributed by atoms with E-state index in [2.05, 4.69) is 20.3 Å². The summed E-state index contributed by atoms with van der Waals surface area (Å²) in [5.41, 5.74) is 6.17. The van der Waals surface area contributed by atoms with Crippen molar-refractivity contribution in [1.82, 2.24) is 19.5 Å². The van der Waals surface area contributed by atoms with Crippen molar-refractivity contribution >= 4 is 28.4 Å². The van der Waals surface area contributed by atoms with Gasteiger partial charge in [-0.3, -0.25) is 4.57 Å². The molecule has 32 heavy (non-hydrogen) atoms. The summed E-state index contributed by atoms with van der Waals surface area (Å²) in [5, 5.41) is 2.77. The van der Waals surface area contributed by atoms with Crippen LogP contribution in [0.5, 0.6) is 5.75 Å². The average Bonchev–Trinajstić information content (AvgIpc) is 3.11. The quantitative estimate of drug-likeness (QED) is 0.413. The third-order valence-corrected chi connectivity index (χ3v) is 4.54. The normalized spacial score (nSPS) is 12.2. The van der Waals surface area contributed by atoms with E-state index in [0.29, 0.717) is 17.9 Å². The second-order valence-corrected chi connectivity index (χ2v) is 6.85. The number of alkyl halides is 1. The van der Waals surface area contributed by atoms with Crippen LogP contribution in [0, 0.1) is 17.5 Å². The first-order valence-corrected chi connectivity index (χ1v) is 9.64. The number of nitrogens with zero attached hydrogens (tertiary/aromatic N) is 4. The standard InChI is InChI=1S/C21H18F4N6O/c1-3-16-28-18-14(24)8-11(23)9-15(18)31(16)21-29-19(26)17(25)20(30-21)27-12-4-6-13(7-5-12)32-10(2)22/h4-10H,3H2,1-2H3,(H3,26,27,29,30). The predicted molar refractivity (Wildman–Crippen MR) is 111 cm³/mol. The summed E-state index contributed by atoms with van der Waals surface area (Å²) in [6, 6.07) is 7.86. The van der Waals surface area contributed by atoms with E-state index in [9.17, 15) is 17.6 Å². The number of nitrogen functional groups attached to an aromatic ring is 1. The Morgan fingerprint density at radius 3 is 2.47 bits per heavy atom. The van der Waals surface area contributed by atoms with Crippen molar-refractivity contribution in [2.24, 2.45) is 0 Å². The average molecular weight is 446 g/mol. The maximum Gasteiger partial charge on any atom is 0.239 e. The number of halogens is 4. The van der Waals surface area contributed by atoms with Crippen molar-refractivity contribution in [2.45, 2.75) is 26.6 Å².